The number of rotatable bonds is 5. The molecule has 1 aliphatic carbocycles. The first kappa shape index (κ1) is 13.1. The Morgan fingerprint density at radius 3 is 2.56 bits per heavy atom. The summed E-state index contributed by atoms with van der Waals surface area (Å²) in [6.07, 6.45) is 5.48. The summed E-state index contributed by atoms with van der Waals surface area (Å²) in [4.78, 5) is 27.0. The molecule has 0 aromatic carbocycles. The van der Waals surface area contributed by atoms with Crippen LogP contribution in [0, 0.1) is 5.92 Å². The van der Waals surface area contributed by atoms with Crippen LogP contribution in [-0.2, 0) is 9.59 Å². The van der Waals surface area contributed by atoms with E-state index in [1.165, 1.54) is 0 Å². The first-order valence-corrected chi connectivity index (χ1v) is 6.47. The number of likely N-dealkylation sites (tertiary alicyclic amines) is 1. The van der Waals surface area contributed by atoms with Gasteiger partial charge in [0, 0.05) is 31.6 Å². The molecule has 0 aromatic heterocycles. The number of carbonyl (C=O) groups excluding carboxylic acids is 2. The molecule has 2 fully saturated rings. The van der Waals surface area contributed by atoms with Gasteiger partial charge in [-0.15, -0.1) is 0 Å². The van der Waals surface area contributed by atoms with E-state index in [1.807, 2.05) is 30.0 Å². The second-order valence-corrected chi connectivity index (χ2v) is 5.39. The highest BCUT2D eigenvalue weighted by Crippen LogP contribution is 2.32. The molecule has 1 saturated carbocycles. The Morgan fingerprint density at radius 1 is 1.33 bits per heavy atom. The van der Waals surface area contributed by atoms with Crippen molar-refractivity contribution in [1.29, 1.82) is 0 Å². The molecule has 1 N–H and O–H groups in total. The lowest BCUT2D eigenvalue weighted by Crippen LogP contribution is -2.61. The van der Waals surface area contributed by atoms with Crippen LogP contribution in [0.15, 0.2) is 12.2 Å². The topological polar surface area (TPSA) is 52.7 Å². The number of nitrogens with zero attached hydrogens (tertiary/aromatic N) is 2. The van der Waals surface area contributed by atoms with E-state index in [9.17, 15) is 9.59 Å². The van der Waals surface area contributed by atoms with Gasteiger partial charge in [0.15, 0.2) is 0 Å². The first-order valence-electron chi connectivity index (χ1n) is 6.47. The zero-order chi connectivity index (χ0) is 13.1. The van der Waals surface area contributed by atoms with E-state index < -0.39 is 0 Å². The minimum absolute atomic E-state index is 0.0691. The predicted octanol–water partition coefficient (Wildman–Crippen LogP) is -0.159. The third-order valence-corrected chi connectivity index (χ3v) is 3.21. The zero-order valence-electron chi connectivity index (χ0n) is 11.1. The second-order valence-electron chi connectivity index (χ2n) is 5.39. The highest BCUT2D eigenvalue weighted by atomic mass is 16.2. The summed E-state index contributed by atoms with van der Waals surface area (Å²) in [6.45, 7) is 2.09. The molecule has 0 atom stereocenters. The Balaban J connectivity index is 1.62. The van der Waals surface area contributed by atoms with Gasteiger partial charge in [-0.2, -0.15) is 0 Å². The molecule has 18 heavy (non-hydrogen) atoms. The van der Waals surface area contributed by atoms with Crippen molar-refractivity contribution in [2.24, 2.45) is 5.92 Å². The molecular formula is C13H21N3O2. The fraction of sp³-hybridized carbons (Fsp3) is 0.692. The summed E-state index contributed by atoms with van der Waals surface area (Å²) in [5.74, 6) is 0.477. The van der Waals surface area contributed by atoms with Crippen LogP contribution < -0.4 is 5.32 Å². The SMILES string of the molecule is CN(C)C/C=C/C(=O)NC1CN(C(=O)C2CC2)C1. The number of amides is 2. The van der Waals surface area contributed by atoms with Crippen molar-refractivity contribution in [2.45, 2.75) is 18.9 Å². The van der Waals surface area contributed by atoms with Gasteiger partial charge in [-0.1, -0.05) is 6.08 Å². The van der Waals surface area contributed by atoms with E-state index in [2.05, 4.69) is 5.32 Å². The summed E-state index contributed by atoms with van der Waals surface area (Å²) in [7, 11) is 3.91. The highest BCUT2D eigenvalue weighted by Gasteiger charge is 2.39. The van der Waals surface area contributed by atoms with Crippen LogP contribution in [0.3, 0.4) is 0 Å². The van der Waals surface area contributed by atoms with Crippen LogP contribution in [0.1, 0.15) is 12.8 Å². The third kappa shape index (κ3) is 3.57. The number of carbonyl (C=O) groups is 2. The quantitative estimate of drug-likeness (QED) is 0.691. The van der Waals surface area contributed by atoms with Crippen molar-refractivity contribution >= 4 is 11.8 Å². The Labute approximate surface area is 108 Å². The van der Waals surface area contributed by atoms with Crippen molar-refractivity contribution in [3.63, 3.8) is 0 Å². The molecule has 5 heteroatoms. The van der Waals surface area contributed by atoms with Crippen LogP contribution in [0.2, 0.25) is 0 Å². The maximum atomic E-state index is 11.7. The minimum atomic E-state index is -0.0691. The lowest BCUT2D eigenvalue weighted by molar-refractivity contribution is -0.138. The summed E-state index contributed by atoms with van der Waals surface area (Å²) >= 11 is 0. The average molecular weight is 251 g/mol. The lowest BCUT2D eigenvalue weighted by atomic mass is 10.1. The van der Waals surface area contributed by atoms with E-state index in [-0.39, 0.29) is 23.8 Å². The van der Waals surface area contributed by atoms with Crippen molar-refractivity contribution in [3.05, 3.63) is 12.2 Å². The molecular weight excluding hydrogens is 230 g/mol. The Bertz CT molecular complexity index is 355. The molecule has 2 amide bonds. The van der Waals surface area contributed by atoms with Gasteiger partial charge in [0.1, 0.15) is 0 Å². The van der Waals surface area contributed by atoms with Gasteiger partial charge in [0.25, 0.3) is 0 Å². The van der Waals surface area contributed by atoms with E-state index in [1.54, 1.807) is 6.08 Å². The smallest absolute Gasteiger partial charge is 0.244 e. The highest BCUT2D eigenvalue weighted by molar-refractivity contribution is 5.88. The van der Waals surface area contributed by atoms with Crippen molar-refractivity contribution in [2.75, 3.05) is 33.7 Å². The predicted molar refractivity (Wildman–Crippen MR) is 68.9 cm³/mol. The minimum Gasteiger partial charge on any atom is -0.346 e. The standard InChI is InChI=1S/C13H21N3O2/c1-15(2)7-3-4-12(17)14-11-8-16(9-11)13(18)10-5-6-10/h3-4,10-11H,5-9H2,1-2H3,(H,14,17)/b4-3+. The van der Waals surface area contributed by atoms with Gasteiger partial charge in [-0.3, -0.25) is 9.59 Å². The molecule has 5 nitrogen and oxygen atoms in total. The molecule has 0 unspecified atom stereocenters. The maximum Gasteiger partial charge on any atom is 0.244 e. The van der Waals surface area contributed by atoms with E-state index in [0.29, 0.717) is 13.1 Å². The molecule has 2 rings (SSSR count). The number of hydrogen-bond donors (Lipinski definition) is 1. The fourth-order valence-electron chi connectivity index (χ4n) is 1.96. The van der Waals surface area contributed by atoms with Crippen LogP contribution in [0.4, 0.5) is 0 Å². The van der Waals surface area contributed by atoms with Crippen LogP contribution in [-0.4, -0.2) is 61.4 Å². The van der Waals surface area contributed by atoms with Crippen molar-refractivity contribution in [1.82, 2.24) is 15.1 Å². The van der Waals surface area contributed by atoms with E-state index in [0.717, 1.165) is 19.4 Å². The summed E-state index contributed by atoms with van der Waals surface area (Å²) in [5, 5.41) is 2.90. The molecule has 1 aliphatic heterocycles. The molecule has 0 bridgehead atoms. The first-order chi connectivity index (χ1) is 8.56. The fourth-order valence-corrected chi connectivity index (χ4v) is 1.96. The third-order valence-electron chi connectivity index (χ3n) is 3.21. The molecule has 2 aliphatic rings. The normalized spacial score (nSPS) is 20.3. The van der Waals surface area contributed by atoms with Gasteiger partial charge in [-0.25, -0.2) is 0 Å². The Kier molecular flexibility index (Phi) is 4.01. The Morgan fingerprint density at radius 2 is 2.00 bits per heavy atom. The summed E-state index contributed by atoms with van der Waals surface area (Å²) < 4.78 is 0. The zero-order valence-corrected chi connectivity index (χ0v) is 11.1. The Hall–Kier alpha value is -1.36. The molecule has 0 spiro atoms. The monoisotopic (exact) mass is 251 g/mol. The van der Waals surface area contributed by atoms with Gasteiger partial charge in [0.2, 0.25) is 11.8 Å². The summed E-state index contributed by atoms with van der Waals surface area (Å²) in [6, 6.07) is 0.129. The van der Waals surface area contributed by atoms with Crippen LogP contribution in [0.5, 0.6) is 0 Å². The van der Waals surface area contributed by atoms with Gasteiger partial charge in [-0.05, 0) is 26.9 Å². The maximum absolute atomic E-state index is 11.7. The van der Waals surface area contributed by atoms with Crippen molar-refractivity contribution < 1.29 is 9.59 Å². The molecule has 1 saturated heterocycles. The van der Waals surface area contributed by atoms with Crippen LogP contribution >= 0.6 is 0 Å². The van der Waals surface area contributed by atoms with E-state index >= 15 is 0 Å². The lowest BCUT2D eigenvalue weighted by Gasteiger charge is -2.39. The van der Waals surface area contributed by atoms with E-state index in [4.69, 9.17) is 0 Å². The van der Waals surface area contributed by atoms with Gasteiger partial charge < -0.3 is 15.1 Å². The number of likely N-dealkylation sites (N-methyl/N-ethyl adjacent to an activating group) is 1. The second kappa shape index (κ2) is 5.52. The molecule has 100 valence electrons. The largest absolute Gasteiger partial charge is 0.346 e. The van der Waals surface area contributed by atoms with Crippen molar-refractivity contribution in [3.8, 4) is 0 Å². The molecule has 0 aromatic rings. The van der Waals surface area contributed by atoms with Crippen LogP contribution in [0.25, 0.3) is 0 Å². The molecule has 0 radical (unpaired) electrons. The number of hydrogen-bond acceptors (Lipinski definition) is 3. The van der Waals surface area contributed by atoms with Gasteiger partial charge >= 0.3 is 0 Å². The van der Waals surface area contributed by atoms with Gasteiger partial charge in [0.05, 0.1) is 6.04 Å². The summed E-state index contributed by atoms with van der Waals surface area (Å²) in [5.41, 5.74) is 0. The number of nitrogens with one attached hydrogen (secondary N) is 1. The average Bonchev–Trinajstić information content (AvgIpc) is 3.04. The molecule has 1 heterocycles.